The number of carboxylic acids is 1. The Kier molecular flexibility index (Phi) is 4.41. The van der Waals surface area contributed by atoms with Crippen molar-refractivity contribution in [2.45, 2.75) is 31.7 Å². The van der Waals surface area contributed by atoms with Crippen LogP contribution in [0.15, 0.2) is 18.2 Å². The van der Waals surface area contributed by atoms with E-state index >= 15 is 0 Å². The smallest absolute Gasteiger partial charge is 0.326 e. The maximum absolute atomic E-state index is 12.4. The summed E-state index contributed by atoms with van der Waals surface area (Å²) < 4.78 is 10.8. The number of ether oxygens (including phenoxy) is 2. The number of carbonyl (C=O) groups is 2. The number of nitrogens with one attached hydrogen (secondary N) is 1. The van der Waals surface area contributed by atoms with E-state index in [2.05, 4.69) is 5.32 Å². The van der Waals surface area contributed by atoms with Crippen LogP contribution >= 0.6 is 0 Å². The summed E-state index contributed by atoms with van der Waals surface area (Å²) in [6.07, 6.45) is 3.14. The summed E-state index contributed by atoms with van der Waals surface area (Å²) in [5.41, 5.74) is 0.907. The lowest BCUT2D eigenvalue weighted by molar-refractivity contribution is -0.143. The second-order valence-corrected chi connectivity index (χ2v) is 6.26. The van der Waals surface area contributed by atoms with Gasteiger partial charge in [0.05, 0.1) is 13.0 Å². The van der Waals surface area contributed by atoms with Crippen LogP contribution in [0.2, 0.25) is 0 Å². The summed E-state index contributed by atoms with van der Waals surface area (Å²) in [5, 5.41) is 11.9. The van der Waals surface area contributed by atoms with E-state index in [1.165, 1.54) is 0 Å². The largest absolute Gasteiger partial charge is 0.497 e. The predicted molar refractivity (Wildman–Crippen MR) is 82.6 cm³/mol. The van der Waals surface area contributed by atoms with Crippen LogP contribution in [-0.2, 0) is 16.0 Å². The molecular weight excluding hydrogens is 298 g/mol. The van der Waals surface area contributed by atoms with E-state index in [1.54, 1.807) is 7.11 Å². The van der Waals surface area contributed by atoms with Gasteiger partial charge in [0.2, 0.25) is 5.91 Å². The molecule has 1 saturated carbocycles. The molecule has 0 spiro atoms. The Morgan fingerprint density at radius 2 is 2.22 bits per heavy atom. The van der Waals surface area contributed by atoms with Gasteiger partial charge in [0.15, 0.2) is 0 Å². The van der Waals surface area contributed by atoms with Crippen LogP contribution in [0.3, 0.4) is 0 Å². The molecule has 0 aromatic heterocycles. The van der Waals surface area contributed by atoms with Gasteiger partial charge in [-0.15, -0.1) is 0 Å². The minimum absolute atomic E-state index is 0.258. The third kappa shape index (κ3) is 3.75. The van der Waals surface area contributed by atoms with Crippen LogP contribution in [-0.4, -0.2) is 36.7 Å². The van der Waals surface area contributed by atoms with Crippen LogP contribution in [0, 0.1) is 11.8 Å². The van der Waals surface area contributed by atoms with Gasteiger partial charge < -0.3 is 19.9 Å². The van der Waals surface area contributed by atoms with Crippen molar-refractivity contribution in [2.75, 3.05) is 13.7 Å². The standard InChI is InChI=1S/C17H21NO5/c1-22-13-4-5-15-11(8-13)7-12(9-23-15)16(19)18-14(17(20)21)6-10-2-3-10/h4-5,8,10,12,14H,2-3,6-7,9H2,1H3,(H,18,19)(H,20,21). The topological polar surface area (TPSA) is 84.9 Å². The van der Waals surface area contributed by atoms with E-state index < -0.39 is 12.0 Å². The highest BCUT2D eigenvalue weighted by Gasteiger charge is 2.33. The lowest BCUT2D eigenvalue weighted by Gasteiger charge is -2.26. The van der Waals surface area contributed by atoms with Gasteiger partial charge in [0, 0.05) is 0 Å². The summed E-state index contributed by atoms with van der Waals surface area (Å²) in [7, 11) is 1.59. The monoisotopic (exact) mass is 319 g/mol. The normalized spacial score (nSPS) is 20.8. The molecule has 0 saturated heterocycles. The fourth-order valence-corrected chi connectivity index (χ4v) is 2.86. The maximum atomic E-state index is 12.4. The van der Waals surface area contributed by atoms with E-state index in [9.17, 15) is 14.7 Å². The summed E-state index contributed by atoms with van der Waals surface area (Å²) in [6, 6.07) is 4.69. The summed E-state index contributed by atoms with van der Waals surface area (Å²) in [5.74, 6) is 0.295. The number of amides is 1. The van der Waals surface area contributed by atoms with Gasteiger partial charge in [-0.1, -0.05) is 12.8 Å². The van der Waals surface area contributed by atoms with Gasteiger partial charge in [0.1, 0.15) is 24.1 Å². The zero-order chi connectivity index (χ0) is 16.4. The zero-order valence-electron chi connectivity index (χ0n) is 13.1. The molecule has 1 heterocycles. The number of rotatable bonds is 6. The number of carboxylic acid groups (broad SMARTS) is 1. The van der Waals surface area contributed by atoms with Gasteiger partial charge in [-0.25, -0.2) is 4.79 Å². The molecule has 1 aromatic carbocycles. The van der Waals surface area contributed by atoms with Gasteiger partial charge in [-0.2, -0.15) is 0 Å². The van der Waals surface area contributed by atoms with Crippen molar-refractivity contribution in [3.63, 3.8) is 0 Å². The number of methoxy groups -OCH3 is 1. The van der Waals surface area contributed by atoms with Crippen LogP contribution in [0.5, 0.6) is 11.5 Å². The van der Waals surface area contributed by atoms with E-state index in [0.717, 1.165) is 24.2 Å². The average molecular weight is 319 g/mol. The van der Waals surface area contributed by atoms with E-state index in [-0.39, 0.29) is 18.4 Å². The minimum Gasteiger partial charge on any atom is -0.497 e. The predicted octanol–water partition coefficient (Wildman–Crippen LogP) is 1.62. The molecule has 1 aliphatic heterocycles. The number of hydrogen-bond donors (Lipinski definition) is 2. The Labute approximate surface area is 134 Å². The Morgan fingerprint density at radius 1 is 1.43 bits per heavy atom. The number of fused-ring (bicyclic) bond motifs is 1. The molecule has 23 heavy (non-hydrogen) atoms. The molecule has 2 unspecified atom stereocenters. The molecule has 2 aliphatic rings. The Hall–Kier alpha value is -2.24. The zero-order valence-corrected chi connectivity index (χ0v) is 13.1. The first kappa shape index (κ1) is 15.6. The van der Waals surface area contributed by atoms with Crippen LogP contribution < -0.4 is 14.8 Å². The molecule has 124 valence electrons. The molecule has 2 atom stereocenters. The number of benzene rings is 1. The average Bonchev–Trinajstić information content (AvgIpc) is 3.37. The van der Waals surface area contributed by atoms with Gasteiger partial charge in [-0.05, 0) is 42.5 Å². The first-order valence-electron chi connectivity index (χ1n) is 7.89. The molecule has 1 fully saturated rings. The molecule has 6 heteroatoms. The number of carbonyl (C=O) groups excluding carboxylic acids is 1. The van der Waals surface area contributed by atoms with Crippen molar-refractivity contribution in [2.24, 2.45) is 11.8 Å². The van der Waals surface area contributed by atoms with Crippen molar-refractivity contribution in [1.29, 1.82) is 0 Å². The number of hydrogen-bond acceptors (Lipinski definition) is 4. The molecular formula is C17H21NO5. The summed E-state index contributed by atoms with van der Waals surface area (Å²) >= 11 is 0. The quantitative estimate of drug-likeness (QED) is 0.832. The third-order valence-corrected chi connectivity index (χ3v) is 4.43. The Balaban J connectivity index is 1.64. The van der Waals surface area contributed by atoms with E-state index in [4.69, 9.17) is 9.47 Å². The van der Waals surface area contributed by atoms with Crippen molar-refractivity contribution in [3.8, 4) is 11.5 Å². The second kappa shape index (κ2) is 6.48. The first-order chi connectivity index (χ1) is 11.1. The Bertz CT molecular complexity index is 611. The summed E-state index contributed by atoms with van der Waals surface area (Å²) in [4.78, 5) is 23.7. The molecule has 1 aromatic rings. The van der Waals surface area contributed by atoms with Gasteiger partial charge in [0.25, 0.3) is 0 Å². The minimum atomic E-state index is -0.968. The van der Waals surface area contributed by atoms with Crippen molar-refractivity contribution < 1.29 is 24.2 Å². The highest BCUT2D eigenvalue weighted by molar-refractivity contribution is 5.85. The van der Waals surface area contributed by atoms with Crippen molar-refractivity contribution >= 4 is 11.9 Å². The van der Waals surface area contributed by atoms with Crippen LogP contribution in [0.4, 0.5) is 0 Å². The van der Waals surface area contributed by atoms with Crippen molar-refractivity contribution in [3.05, 3.63) is 23.8 Å². The fraction of sp³-hybridized carbons (Fsp3) is 0.529. The molecule has 2 N–H and O–H groups in total. The van der Waals surface area contributed by atoms with E-state index in [0.29, 0.717) is 24.5 Å². The summed E-state index contributed by atoms with van der Waals surface area (Å²) in [6.45, 7) is 0.265. The Morgan fingerprint density at radius 3 is 2.87 bits per heavy atom. The van der Waals surface area contributed by atoms with Crippen LogP contribution in [0.1, 0.15) is 24.8 Å². The third-order valence-electron chi connectivity index (χ3n) is 4.43. The molecule has 1 amide bonds. The molecule has 6 nitrogen and oxygen atoms in total. The molecule has 3 rings (SSSR count). The maximum Gasteiger partial charge on any atom is 0.326 e. The SMILES string of the molecule is COc1ccc2c(c1)CC(C(=O)NC(CC1CC1)C(=O)O)CO2. The second-order valence-electron chi connectivity index (χ2n) is 6.26. The molecule has 1 aliphatic carbocycles. The van der Waals surface area contributed by atoms with Gasteiger partial charge >= 0.3 is 5.97 Å². The first-order valence-corrected chi connectivity index (χ1v) is 7.89. The van der Waals surface area contributed by atoms with E-state index in [1.807, 2.05) is 18.2 Å². The highest BCUT2D eigenvalue weighted by Crippen LogP contribution is 2.34. The van der Waals surface area contributed by atoms with Crippen LogP contribution in [0.25, 0.3) is 0 Å². The van der Waals surface area contributed by atoms with Gasteiger partial charge in [-0.3, -0.25) is 4.79 Å². The molecule has 0 bridgehead atoms. The van der Waals surface area contributed by atoms with Crippen molar-refractivity contribution in [1.82, 2.24) is 5.32 Å². The lowest BCUT2D eigenvalue weighted by atomic mass is 9.95. The fourth-order valence-electron chi connectivity index (χ4n) is 2.86. The highest BCUT2D eigenvalue weighted by atomic mass is 16.5. The lowest BCUT2D eigenvalue weighted by Crippen LogP contribution is -2.46. The molecule has 0 radical (unpaired) electrons. The number of aliphatic carboxylic acids is 1.